The maximum Gasteiger partial charge on any atom is 0.257 e. The molecule has 1 aromatic heterocycles. The number of nitrogens with zero attached hydrogens (tertiary/aromatic N) is 1. The molecule has 0 saturated carbocycles. The molecule has 4 nitrogen and oxygen atoms in total. The lowest BCUT2D eigenvalue weighted by Crippen LogP contribution is -2.26. The number of thiazole rings is 1. The topological polar surface area (TPSA) is 54.0 Å². The average molecular weight is 319 g/mol. The van der Waals surface area contributed by atoms with Gasteiger partial charge in [-0.25, -0.2) is 9.37 Å². The molecule has 0 radical (unpaired) electrons. The Kier molecular flexibility index (Phi) is 4.49. The summed E-state index contributed by atoms with van der Waals surface area (Å²) in [4.78, 5) is 17.7. The van der Waals surface area contributed by atoms with Crippen molar-refractivity contribution in [2.75, 3.05) is 18.4 Å². The maximum atomic E-state index is 13.4. The number of carbonyl (C=O) groups is 1. The Morgan fingerprint density at radius 3 is 2.86 bits per heavy atom. The largest absolute Gasteiger partial charge is 0.317 e. The normalized spacial score (nSPS) is 15.7. The first-order valence-corrected chi connectivity index (χ1v) is 8.18. The highest BCUT2D eigenvalue weighted by Crippen LogP contribution is 2.31. The summed E-state index contributed by atoms with van der Waals surface area (Å²) >= 11 is 1.51. The van der Waals surface area contributed by atoms with Crippen LogP contribution in [0.1, 0.15) is 39.6 Å². The summed E-state index contributed by atoms with van der Waals surface area (Å²) in [6.45, 7) is 3.80. The first kappa shape index (κ1) is 15.1. The summed E-state index contributed by atoms with van der Waals surface area (Å²) in [6, 6.07) is 4.30. The molecule has 1 aliphatic heterocycles. The van der Waals surface area contributed by atoms with Crippen LogP contribution in [0.5, 0.6) is 0 Å². The van der Waals surface area contributed by atoms with Gasteiger partial charge in [-0.15, -0.1) is 11.3 Å². The minimum atomic E-state index is -0.403. The Morgan fingerprint density at radius 1 is 1.36 bits per heavy atom. The molecule has 116 valence electrons. The Labute approximate surface area is 132 Å². The summed E-state index contributed by atoms with van der Waals surface area (Å²) in [5.41, 5.74) is 1.04. The van der Waals surface area contributed by atoms with E-state index in [-0.39, 0.29) is 5.91 Å². The highest BCUT2D eigenvalue weighted by molar-refractivity contribution is 7.15. The zero-order valence-corrected chi connectivity index (χ0v) is 13.2. The lowest BCUT2D eigenvalue weighted by molar-refractivity contribution is 0.102. The number of piperidine rings is 1. The van der Waals surface area contributed by atoms with Crippen molar-refractivity contribution in [3.63, 3.8) is 0 Å². The van der Waals surface area contributed by atoms with Crippen molar-refractivity contribution in [1.82, 2.24) is 10.3 Å². The zero-order valence-electron chi connectivity index (χ0n) is 12.4. The fraction of sp³-hybridized carbons (Fsp3) is 0.375. The van der Waals surface area contributed by atoms with E-state index in [0.717, 1.165) is 31.5 Å². The number of amides is 1. The fourth-order valence-corrected chi connectivity index (χ4v) is 3.66. The molecule has 0 aliphatic carbocycles. The maximum absolute atomic E-state index is 13.4. The van der Waals surface area contributed by atoms with E-state index in [1.807, 2.05) is 6.20 Å². The van der Waals surface area contributed by atoms with E-state index in [9.17, 15) is 9.18 Å². The standard InChI is InChI=1S/C16H18FN3OS/c1-10-6-12(8-13(17)7-10)15(21)20-16-19-9-14(22-16)11-2-4-18-5-3-11/h6-9,11,18H,2-5H2,1H3,(H,19,20,21). The van der Waals surface area contributed by atoms with Gasteiger partial charge in [0.1, 0.15) is 5.82 Å². The van der Waals surface area contributed by atoms with Crippen LogP contribution in [0.3, 0.4) is 0 Å². The lowest BCUT2D eigenvalue weighted by Gasteiger charge is -2.20. The highest BCUT2D eigenvalue weighted by Gasteiger charge is 2.18. The van der Waals surface area contributed by atoms with Crippen LogP contribution in [0.25, 0.3) is 0 Å². The molecule has 1 saturated heterocycles. The molecule has 1 aliphatic rings. The number of benzene rings is 1. The van der Waals surface area contributed by atoms with Gasteiger partial charge in [-0.05, 0) is 62.5 Å². The Bertz CT molecular complexity index is 660. The highest BCUT2D eigenvalue weighted by atomic mass is 32.1. The molecule has 0 atom stereocenters. The molecule has 0 bridgehead atoms. The van der Waals surface area contributed by atoms with Gasteiger partial charge in [0.05, 0.1) is 0 Å². The van der Waals surface area contributed by atoms with Crippen LogP contribution in [0.2, 0.25) is 0 Å². The number of halogens is 1. The van der Waals surface area contributed by atoms with Crippen LogP contribution >= 0.6 is 11.3 Å². The van der Waals surface area contributed by atoms with E-state index in [1.165, 1.54) is 28.3 Å². The molecular formula is C16H18FN3OS. The molecule has 6 heteroatoms. The predicted molar refractivity (Wildman–Crippen MR) is 86.0 cm³/mol. The van der Waals surface area contributed by atoms with Gasteiger partial charge < -0.3 is 5.32 Å². The summed E-state index contributed by atoms with van der Waals surface area (Å²) in [6.07, 6.45) is 4.03. The number of hydrogen-bond donors (Lipinski definition) is 2. The van der Waals surface area contributed by atoms with Crippen molar-refractivity contribution < 1.29 is 9.18 Å². The average Bonchev–Trinajstić information content (AvgIpc) is 2.95. The number of anilines is 1. The summed E-state index contributed by atoms with van der Waals surface area (Å²) < 4.78 is 13.4. The molecule has 22 heavy (non-hydrogen) atoms. The Morgan fingerprint density at radius 2 is 2.14 bits per heavy atom. The molecule has 2 aromatic rings. The number of hydrogen-bond acceptors (Lipinski definition) is 4. The van der Waals surface area contributed by atoms with Gasteiger partial charge in [0.25, 0.3) is 5.91 Å². The summed E-state index contributed by atoms with van der Waals surface area (Å²) in [5.74, 6) is -0.214. The molecular weight excluding hydrogens is 301 g/mol. The van der Waals surface area contributed by atoms with Crippen molar-refractivity contribution in [2.24, 2.45) is 0 Å². The van der Waals surface area contributed by atoms with Gasteiger partial charge in [-0.2, -0.15) is 0 Å². The van der Waals surface area contributed by atoms with Crippen molar-refractivity contribution in [3.8, 4) is 0 Å². The second-order valence-electron chi connectivity index (χ2n) is 5.56. The number of aromatic nitrogens is 1. The van der Waals surface area contributed by atoms with Crippen LogP contribution in [-0.4, -0.2) is 24.0 Å². The number of nitrogens with one attached hydrogen (secondary N) is 2. The van der Waals surface area contributed by atoms with Gasteiger partial charge in [-0.1, -0.05) is 0 Å². The predicted octanol–water partition coefficient (Wildman–Crippen LogP) is 3.31. The molecule has 1 amide bonds. The van der Waals surface area contributed by atoms with E-state index in [1.54, 1.807) is 13.0 Å². The van der Waals surface area contributed by atoms with Crippen LogP contribution in [0, 0.1) is 12.7 Å². The Balaban J connectivity index is 1.70. The van der Waals surface area contributed by atoms with Gasteiger partial charge in [0, 0.05) is 16.6 Å². The SMILES string of the molecule is Cc1cc(F)cc(C(=O)Nc2ncc(C3CCNCC3)s2)c1. The second kappa shape index (κ2) is 6.54. The van der Waals surface area contributed by atoms with Gasteiger partial charge in [-0.3, -0.25) is 10.1 Å². The number of carbonyl (C=O) groups excluding carboxylic acids is 1. The first-order chi connectivity index (χ1) is 10.6. The van der Waals surface area contributed by atoms with Crippen LogP contribution in [0.15, 0.2) is 24.4 Å². The first-order valence-electron chi connectivity index (χ1n) is 7.37. The molecule has 1 aromatic carbocycles. The summed E-state index contributed by atoms with van der Waals surface area (Å²) in [7, 11) is 0. The van der Waals surface area contributed by atoms with E-state index in [2.05, 4.69) is 15.6 Å². The van der Waals surface area contributed by atoms with E-state index < -0.39 is 5.82 Å². The van der Waals surface area contributed by atoms with Crippen LogP contribution in [-0.2, 0) is 0 Å². The van der Waals surface area contributed by atoms with Gasteiger partial charge in [0.15, 0.2) is 5.13 Å². The smallest absolute Gasteiger partial charge is 0.257 e. The molecule has 0 unspecified atom stereocenters. The lowest BCUT2D eigenvalue weighted by atomic mass is 9.97. The van der Waals surface area contributed by atoms with Crippen molar-refractivity contribution >= 4 is 22.4 Å². The summed E-state index contributed by atoms with van der Waals surface area (Å²) in [5, 5.41) is 6.66. The molecule has 1 fully saturated rings. The fourth-order valence-electron chi connectivity index (χ4n) is 2.68. The van der Waals surface area contributed by atoms with E-state index >= 15 is 0 Å². The number of aryl methyl sites for hydroxylation is 1. The minimum Gasteiger partial charge on any atom is -0.317 e. The monoisotopic (exact) mass is 319 g/mol. The third kappa shape index (κ3) is 3.51. The molecule has 0 spiro atoms. The molecule has 2 N–H and O–H groups in total. The third-order valence-corrected chi connectivity index (χ3v) is 4.87. The van der Waals surface area contributed by atoms with E-state index in [4.69, 9.17) is 0 Å². The van der Waals surface area contributed by atoms with E-state index in [0.29, 0.717) is 16.6 Å². The van der Waals surface area contributed by atoms with Crippen LogP contribution < -0.4 is 10.6 Å². The second-order valence-corrected chi connectivity index (χ2v) is 6.63. The van der Waals surface area contributed by atoms with Crippen molar-refractivity contribution in [1.29, 1.82) is 0 Å². The molecule has 3 rings (SSSR count). The zero-order chi connectivity index (χ0) is 15.5. The number of rotatable bonds is 3. The van der Waals surface area contributed by atoms with Gasteiger partial charge >= 0.3 is 0 Å². The Hall–Kier alpha value is -1.79. The van der Waals surface area contributed by atoms with Crippen molar-refractivity contribution in [3.05, 3.63) is 46.2 Å². The molecule has 2 heterocycles. The van der Waals surface area contributed by atoms with Crippen LogP contribution in [0.4, 0.5) is 9.52 Å². The minimum absolute atomic E-state index is 0.316. The third-order valence-electron chi connectivity index (χ3n) is 3.79. The van der Waals surface area contributed by atoms with Gasteiger partial charge in [0.2, 0.25) is 0 Å². The quantitative estimate of drug-likeness (QED) is 0.912. The van der Waals surface area contributed by atoms with Crippen molar-refractivity contribution in [2.45, 2.75) is 25.7 Å².